The lowest BCUT2D eigenvalue weighted by Crippen LogP contribution is -2.46. The molecule has 1 aliphatic heterocycles. The molecule has 1 N–H and O–H groups in total. The molecule has 0 spiro atoms. The first-order valence-electron chi connectivity index (χ1n) is 12.7. The number of hydrogen-bond donors (Lipinski definition) is 1. The van der Waals surface area contributed by atoms with Crippen LogP contribution in [0, 0.1) is 5.92 Å². The number of nitrogens with zero attached hydrogens (tertiary/aromatic N) is 3. The second-order valence-corrected chi connectivity index (χ2v) is 10.3. The van der Waals surface area contributed by atoms with Gasteiger partial charge in [-0.1, -0.05) is 43.2 Å². The number of aromatic nitrogens is 1. The Hall–Kier alpha value is -3.39. The van der Waals surface area contributed by atoms with E-state index in [2.05, 4.69) is 10.3 Å². The number of rotatable bonds is 8. The van der Waals surface area contributed by atoms with Crippen LogP contribution in [0.25, 0.3) is 0 Å². The Bertz CT molecular complexity index is 1130. The molecule has 5 rings (SSSR count). The summed E-state index contributed by atoms with van der Waals surface area (Å²) in [6, 6.07) is 16.9. The molecule has 7 nitrogen and oxygen atoms in total. The van der Waals surface area contributed by atoms with E-state index in [1.54, 1.807) is 16.0 Å². The smallest absolute Gasteiger partial charge is 0.410 e. The zero-order valence-corrected chi connectivity index (χ0v) is 21.2. The molecule has 2 aliphatic rings. The van der Waals surface area contributed by atoms with Crippen LogP contribution in [0.3, 0.4) is 0 Å². The Balaban J connectivity index is 1.28. The molecular weight excluding hydrogens is 472 g/mol. The number of hydrogen-bond acceptors (Lipinski definition) is 6. The van der Waals surface area contributed by atoms with Crippen LogP contribution in [0.2, 0.25) is 0 Å². The molecule has 1 aromatic heterocycles. The molecule has 1 aliphatic carbocycles. The van der Waals surface area contributed by atoms with Crippen molar-refractivity contribution >= 4 is 39.8 Å². The van der Waals surface area contributed by atoms with E-state index in [4.69, 9.17) is 4.74 Å². The summed E-state index contributed by atoms with van der Waals surface area (Å²) in [7, 11) is 0. The van der Waals surface area contributed by atoms with Gasteiger partial charge in [0.15, 0.2) is 5.13 Å². The van der Waals surface area contributed by atoms with E-state index in [9.17, 15) is 9.59 Å². The van der Waals surface area contributed by atoms with Gasteiger partial charge in [0.2, 0.25) is 0 Å². The number of likely N-dealkylation sites (tertiary alicyclic amines) is 1. The number of ether oxygens (including phenoxy) is 1. The number of thiazole rings is 1. The summed E-state index contributed by atoms with van der Waals surface area (Å²) in [5.41, 5.74) is 2.70. The van der Waals surface area contributed by atoms with Crippen molar-refractivity contribution in [1.29, 1.82) is 0 Å². The number of anilines is 3. The third kappa shape index (κ3) is 5.70. The van der Waals surface area contributed by atoms with Crippen molar-refractivity contribution in [3.63, 3.8) is 0 Å². The Labute approximate surface area is 216 Å². The highest BCUT2D eigenvalue weighted by atomic mass is 32.1. The van der Waals surface area contributed by atoms with Crippen LogP contribution in [0.1, 0.15) is 44.1 Å². The first-order valence-corrected chi connectivity index (χ1v) is 13.6. The van der Waals surface area contributed by atoms with Crippen LogP contribution in [0.5, 0.6) is 0 Å². The van der Waals surface area contributed by atoms with Gasteiger partial charge in [-0.15, -0.1) is 11.3 Å². The van der Waals surface area contributed by atoms with E-state index in [0.717, 1.165) is 35.8 Å². The molecule has 1 saturated heterocycles. The fourth-order valence-electron chi connectivity index (χ4n) is 5.06. The van der Waals surface area contributed by atoms with E-state index in [1.165, 1.54) is 37.0 Å². The van der Waals surface area contributed by atoms with Gasteiger partial charge in [-0.2, -0.15) is 0 Å². The summed E-state index contributed by atoms with van der Waals surface area (Å²) < 4.78 is 5.55. The Morgan fingerprint density at radius 3 is 2.53 bits per heavy atom. The first-order chi connectivity index (χ1) is 17.7. The number of benzene rings is 2. The fourth-order valence-corrected chi connectivity index (χ4v) is 5.72. The summed E-state index contributed by atoms with van der Waals surface area (Å²) in [5.74, 6) is 0.582. The van der Waals surface area contributed by atoms with Gasteiger partial charge in [-0.25, -0.2) is 9.78 Å². The van der Waals surface area contributed by atoms with Crippen LogP contribution in [-0.2, 0) is 16.1 Å². The standard InChI is InChI=1S/C28H32N4O3S/c33-26(25-11-6-17-31(25)28(34)35-20-22-9-2-1-3-10-22)32(27-29-16-18-36-27)24-14-12-23(13-15-24)30-19-21-7-4-5-8-21/h1-3,9-10,12-16,18,21,25,30H,4-8,11,17,19-20H2. The third-order valence-electron chi connectivity index (χ3n) is 7.00. The average molecular weight is 505 g/mol. The SMILES string of the molecule is O=C(C1CCCN1C(=O)OCc1ccccc1)N(c1ccc(NCC2CCCC2)cc1)c1nccs1. The molecule has 1 saturated carbocycles. The molecule has 2 amide bonds. The van der Waals surface area contributed by atoms with E-state index >= 15 is 0 Å². The molecule has 2 aromatic carbocycles. The van der Waals surface area contributed by atoms with Crippen LogP contribution in [0.15, 0.2) is 66.2 Å². The zero-order valence-electron chi connectivity index (χ0n) is 20.3. The molecule has 2 heterocycles. The predicted octanol–water partition coefficient (Wildman–Crippen LogP) is 6.21. The molecule has 1 unspecified atom stereocenters. The Morgan fingerprint density at radius 2 is 1.81 bits per heavy atom. The van der Waals surface area contributed by atoms with Gasteiger partial charge in [-0.3, -0.25) is 14.6 Å². The van der Waals surface area contributed by atoms with Gasteiger partial charge >= 0.3 is 6.09 Å². The van der Waals surface area contributed by atoms with E-state index in [1.807, 2.05) is 60.0 Å². The molecule has 8 heteroatoms. The third-order valence-corrected chi connectivity index (χ3v) is 7.76. The van der Waals surface area contributed by atoms with Crippen LogP contribution in [-0.4, -0.2) is 41.0 Å². The van der Waals surface area contributed by atoms with Crippen molar-refractivity contribution in [3.05, 3.63) is 71.7 Å². The summed E-state index contributed by atoms with van der Waals surface area (Å²) in [6.07, 6.45) is 7.84. The molecule has 188 valence electrons. The minimum Gasteiger partial charge on any atom is -0.445 e. The van der Waals surface area contributed by atoms with Crippen molar-refractivity contribution in [2.75, 3.05) is 23.3 Å². The van der Waals surface area contributed by atoms with Crippen molar-refractivity contribution in [2.24, 2.45) is 5.92 Å². The highest BCUT2D eigenvalue weighted by Gasteiger charge is 2.39. The van der Waals surface area contributed by atoms with Crippen LogP contribution in [0.4, 0.5) is 21.3 Å². The molecule has 1 atom stereocenters. The predicted molar refractivity (Wildman–Crippen MR) is 143 cm³/mol. The number of carbonyl (C=O) groups is 2. The number of amides is 2. The maximum Gasteiger partial charge on any atom is 0.410 e. The maximum absolute atomic E-state index is 13.8. The van der Waals surface area contributed by atoms with Gasteiger partial charge in [0.1, 0.15) is 12.6 Å². The lowest BCUT2D eigenvalue weighted by atomic mass is 10.1. The molecule has 36 heavy (non-hydrogen) atoms. The molecule has 2 fully saturated rings. The second-order valence-electron chi connectivity index (χ2n) is 9.46. The highest BCUT2D eigenvalue weighted by molar-refractivity contribution is 7.13. The normalized spacial score (nSPS) is 17.8. The Morgan fingerprint density at radius 1 is 1.03 bits per heavy atom. The summed E-state index contributed by atoms with van der Waals surface area (Å²) >= 11 is 1.41. The largest absolute Gasteiger partial charge is 0.445 e. The van der Waals surface area contributed by atoms with Crippen LogP contribution < -0.4 is 10.2 Å². The van der Waals surface area contributed by atoms with Gasteiger partial charge in [-0.05, 0) is 61.4 Å². The van der Waals surface area contributed by atoms with Crippen molar-refractivity contribution in [3.8, 4) is 0 Å². The molecule has 3 aromatic rings. The van der Waals surface area contributed by atoms with Gasteiger partial charge in [0, 0.05) is 30.4 Å². The minimum absolute atomic E-state index is 0.161. The molecular formula is C28H32N4O3S. The maximum atomic E-state index is 13.8. The topological polar surface area (TPSA) is 74.8 Å². The zero-order chi connectivity index (χ0) is 24.7. The highest BCUT2D eigenvalue weighted by Crippen LogP contribution is 2.32. The lowest BCUT2D eigenvalue weighted by Gasteiger charge is -2.28. The monoisotopic (exact) mass is 504 g/mol. The first kappa shape index (κ1) is 24.3. The number of nitrogens with one attached hydrogen (secondary N) is 1. The number of carbonyl (C=O) groups excluding carboxylic acids is 2. The summed E-state index contributed by atoms with van der Waals surface area (Å²) in [6.45, 7) is 1.67. The summed E-state index contributed by atoms with van der Waals surface area (Å²) in [4.78, 5) is 34.4. The quantitative estimate of drug-likeness (QED) is 0.395. The van der Waals surface area contributed by atoms with E-state index < -0.39 is 12.1 Å². The van der Waals surface area contributed by atoms with Gasteiger partial charge in [0.25, 0.3) is 5.91 Å². The Kier molecular flexibility index (Phi) is 7.81. The van der Waals surface area contributed by atoms with Crippen molar-refractivity contribution in [2.45, 2.75) is 51.2 Å². The van der Waals surface area contributed by atoms with E-state index in [0.29, 0.717) is 18.1 Å². The summed E-state index contributed by atoms with van der Waals surface area (Å²) in [5, 5.41) is 5.98. The average Bonchev–Trinajstić information content (AvgIpc) is 3.70. The van der Waals surface area contributed by atoms with Crippen molar-refractivity contribution in [1.82, 2.24) is 9.88 Å². The van der Waals surface area contributed by atoms with Crippen LogP contribution >= 0.6 is 11.3 Å². The second kappa shape index (κ2) is 11.6. The minimum atomic E-state index is -0.586. The molecule has 0 radical (unpaired) electrons. The fraction of sp³-hybridized carbons (Fsp3) is 0.393. The van der Waals surface area contributed by atoms with Crippen molar-refractivity contribution < 1.29 is 14.3 Å². The van der Waals surface area contributed by atoms with Gasteiger partial charge < -0.3 is 10.1 Å². The lowest BCUT2D eigenvalue weighted by molar-refractivity contribution is -0.121. The van der Waals surface area contributed by atoms with Gasteiger partial charge in [0.05, 0.1) is 5.69 Å². The van der Waals surface area contributed by atoms with E-state index in [-0.39, 0.29) is 12.5 Å². The molecule has 0 bridgehead atoms.